The highest BCUT2D eigenvalue weighted by atomic mass is 15.3. The number of nitrogens with zero attached hydrogens (tertiary/aromatic N) is 4. The average Bonchev–Trinajstić information content (AvgIpc) is 2.70. The molecule has 3 rings (SSSR count). The lowest BCUT2D eigenvalue weighted by molar-refractivity contribution is 0.189. The van der Waals surface area contributed by atoms with E-state index < -0.39 is 0 Å². The molecule has 2 aliphatic heterocycles. The van der Waals surface area contributed by atoms with Crippen molar-refractivity contribution in [2.75, 3.05) is 66.5 Å². The van der Waals surface area contributed by atoms with E-state index in [0.717, 1.165) is 51.1 Å². The lowest BCUT2D eigenvalue weighted by Crippen LogP contribution is -2.53. The zero-order valence-electron chi connectivity index (χ0n) is 17.0. The molecule has 0 spiro atoms. The van der Waals surface area contributed by atoms with Crippen molar-refractivity contribution >= 4 is 12.0 Å². The smallest absolute Gasteiger partial charge is 0.193 e. The third-order valence-electron chi connectivity index (χ3n) is 5.63. The molecule has 2 fully saturated rings. The largest absolute Gasteiger partial charge is 0.356 e. The van der Waals surface area contributed by atoms with E-state index in [-0.39, 0.29) is 0 Å². The van der Waals surface area contributed by atoms with Crippen LogP contribution in [0.2, 0.25) is 0 Å². The summed E-state index contributed by atoms with van der Waals surface area (Å²) in [6, 6.07) is 10.5. The van der Waals surface area contributed by atoms with Gasteiger partial charge in [-0.1, -0.05) is 42.5 Å². The molecule has 0 aliphatic carbocycles. The van der Waals surface area contributed by atoms with Gasteiger partial charge in [-0.15, -0.1) is 0 Å². The summed E-state index contributed by atoms with van der Waals surface area (Å²) in [4.78, 5) is 11.9. The third-order valence-corrected chi connectivity index (χ3v) is 5.63. The highest BCUT2D eigenvalue weighted by molar-refractivity contribution is 5.80. The highest BCUT2D eigenvalue weighted by Crippen LogP contribution is 2.14. The van der Waals surface area contributed by atoms with Crippen molar-refractivity contribution in [3.8, 4) is 0 Å². The molecule has 0 bridgehead atoms. The molecule has 2 heterocycles. The van der Waals surface area contributed by atoms with Crippen LogP contribution >= 0.6 is 0 Å². The Kier molecular flexibility index (Phi) is 7.72. The van der Waals surface area contributed by atoms with E-state index in [9.17, 15) is 0 Å². The van der Waals surface area contributed by atoms with Crippen LogP contribution in [0, 0.1) is 5.92 Å². The maximum Gasteiger partial charge on any atom is 0.193 e. The number of hydrogen-bond acceptors (Lipinski definition) is 3. The Balaban J connectivity index is 1.38. The molecule has 0 aromatic heterocycles. The standard InChI is InChI=1S/C22H35N5/c1-23-22(24-18-21-11-6-12-25(2)19-21)27-16-14-26(15-17-27)13-7-10-20-8-4-3-5-9-20/h3-5,7-10,21H,6,11-19H2,1-2H3,(H,23,24). The zero-order valence-corrected chi connectivity index (χ0v) is 17.0. The summed E-state index contributed by atoms with van der Waals surface area (Å²) in [5.74, 6) is 1.81. The molecular weight excluding hydrogens is 334 g/mol. The summed E-state index contributed by atoms with van der Waals surface area (Å²) in [6.45, 7) is 8.77. The Bertz CT molecular complexity index is 604. The van der Waals surface area contributed by atoms with Crippen molar-refractivity contribution in [2.24, 2.45) is 10.9 Å². The van der Waals surface area contributed by atoms with Gasteiger partial charge in [-0.3, -0.25) is 9.89 Å². The van der Waals surface area contributed by atoms with Crippen LogP contribution in [-0.4, -0.2) is 87.1 Å². The van der Waals surface area contributed by atoms with E-state index in [2.05, 4.69) is 74.5 Å². The number of benzene rings is 1. The van der Waals surface area contributed by atoms with Gasteiger partial charge in [-0.25, -0.2) is 0 Å². The maximum absolute atomic E-state index is 4.53. The number of piperidine rings is 1. The molecule has 2 aliphatic rings. The Morgan fingerprint density at radius 3 is 2.63 bits per heavy atom. The number of aliphatic imine (C=N–C) groups is 1. The highest BCUT2D eigenvalue weighted by Gasteiger charge is 2.21. The molecule has 5 nitrogen and oxygen atoms in total. The Labute approximate surface area is 164 Å². The second-order valence-electron chi connectivity index (χ2n) is 7.80. The van der Waals surface area contributed by atoms with Crippen molar-refractivity contribution in [1.29, 1.82) is 0 Å². The fourth-order valence-electron chi connectivity index (χ4n) is 4.05. The van der Waals surface area contributed by atoms with Crippen molar-refractivity contribution in [3.63, 3.8) is 0 Å². The molecule has 1 aromatic rings. The van der Waals surface area contributed by atoms with E-state index in [1.54, 1.807) is 0 Å². The minimum atomic E-state index is 0.741. The lowest BCUT2D eigenvalue weighted by atomic mass is 9.98. The molecule has 1 aromatic carbocycles. The van der Waals surface area contributed by atoms with Gasteiger partial charge in [0.15, 0.2) is 5.96 Å². The van der Waals surface area contributed by atoms with Crippen LogP contribution in [0.1, 0.15) is 18.4 Å². The molecule has 1 unspecified atom stereocenters. The first-order chi connectivity index (χ1) is 13.2. The molecule has 27 heavy (non-hydrogen) atoms. The molecule has 1 N–H and O–H groups in total. The van der Waals surface area contributed by atoms with Gasteiger partial charge in [-0.05, 0) is 37.9 Å². The predicted molar refractivity (Wildman–Crippen MR) is 115 cm³/mol. The molecule has 0 saturated carbocycles. The fraction of sp³-hybridized carbons (Fsp3) is 0.591. The topological polar surface area (TPSA) is 34.1 Å². The minimum absolute atomic E-state index is 0.741. The summed E-state index contributed by atoms with van der Waals surface area (Å²) in [6.07, 6.45) is 7.14. The first-order valence-electron chi connectivity index (χ1n) is 10.3. The second kappa shape index (κ2) is 10.5. The Morgan fingerprint density at radius 1 is 1.15 bits per heavy atom. The van der Waals surface area contributed by atoms with E-state index >= 15 is 0 Å². The van der Waals surface area contributed by atoms with Gasteiger partial charge in [0, 0.05) is 52.9 Å². The van der Waals surface area contributed by atoms with Crippen LogP contribution in [0.4, 0.5) is 0 Å². The van der Waals surface area contributed by atoms with Gasteiger partial charge < -0.3 is 15.1 Å². The number of piperazine rings is 1. The number of hydrogen-bond donors (Lipinski definition) is 1. The third kappa shape index (κ3) is 6.36. The average molecular weight is 370 g/mol. The summed E-state index contributed by atoms with van der Waals surface area (Å²) < 4.78 is 0. The number of guanidine groups is 1. The molecule has 1 atom stereocenters. The maximum atomic E-state index is 4.53. The van der Waals surface area contributed by atoms with Crippen molar-refractivity contribution in [2.45, 2.75) is 12.8 Å². The van der Waals surface area contributed by atoms with Gasteiger partial charge in [0.2, 0.25) is 0 Å². The van der Waals surface area contributed by atoms with Crippen molar-refractivity contribution in [3.05, 3.63) is 42.0 Å². The predicted octanol–water partition coefficient (Wildman–Crippen LogP) is 2.23. The van der Waals surface area contributed by atoms with Crippen LogP contribution in [0.15, 0.2) is 41.4 Å². The molecular formula is C22H35N5. The monoisotopic (exact) mass is 369 g/mol. The van der Waals surface area contributed by atoms with E-state index in [4.69, 9.17) is 0 Å². The normalized spacial score (nSPS) is 23.1. The number of likely N-dealkylation sites (tertiary alicyclic amines) is 1. The lowest BCUT2D eigenvalue weighted by Gasteiger charge is -2.37. The molecule has 5 heteroatoms. The van der Waals surface area contributed by atoms with Crippen LogP contribution in [0.25, 0.3) is 6.08 Å². The van der Waals surface area contributed by atoms with Crippen LogP contribution < -0.4 is 5.32 Å². The van der Waals surface area contributed by atoms with Crippen LogP contribution in [0.3, 0.4) is 0 Å². The molecule has 2 saturated heterocycles. The van der Waals surface area contributed by atoms with Crippen molar-refractivity contribution in [1.82, 2.24) is 20.0 Å². The first kappa shape index (κ1) is 19.9. The quantitative estimate of drug-likeness (QED) is 0.638. The summed E-state index contributed by atoms with van der Waals surface area (Å²) in [5.41, 5.74) is 1.27. The SMILES string of the molecule is CN=C(NCC1CCCN(C)C1)N1CCN(CC=Cc2ccccc2)CC1. The molecule has 148 valence electrons. The van der Waals surface area contributed by atoms with Gasteiger partial charge in [0.25, 0.3) is 0 Å². The van der Waals surface area contributed by atoms with Gasteiger partial charge in [-0.2, -0.15) is 0 Å². The Morgan fingerprint density at radius 2 is 1.93 bits per heavy atom. The fourth-order valence-corrected chi connectivity index (χ4v) is 4.05. The van der Waals surface area contributed by atoms with E-state index in [0.29, 0.717) is 0 Å². The van der Waals surface area contributed by atoms with Gasteiger partial charge in [0.05, 0.1) is 0 Å². The van der Waals surface area contributed by atoms with Gasteiger partial charge in [0.1, 0.15) is 0 Å². The second-order valence-corrected chi connectivity index (χ2v) is 7.80. The molecule has 0 amide bonds. The van der Waals surface area contributed by atoms with Crippen molar-refractivity contribution < 1.29 is 0 Å². The summed E-state index contributed by atoms with van der Waals surface area (Å²) in [5, 5.41) is 3.63. The van der Waals surface area contributed by atoms with E-state index in [1.807, 2.05) is 7.05 Å². The Hall–Kier alpha value is -1.85. The van der Waals surface area contributed by atoms with E-state index in [1.165, 1.54) is 31.5 Å². The zero-order chi connectivity index (χ0) is 18.9. The van der Waals surface area contributed by atoms with Gasteiger partial charge >= 0.3 is 0 Å². The van der Waals surface area contributed by atoms with Crippen LogP contribution in [-0.2, 0) is 0 Å². The first-order valence-corrected chi connectivity index (χ1v) is 10.3. The van der Waals surface area contributed by atoms with Crippen LogP contribution in [0.5, 0.6) is 0 Å². The number of nitrogens with one attached hydrogen (secondary N) is 1. The summed E-state index contributed by atoms with van der Waals surface area (Å²) >= 11 is 0. The number of rotatable bonds is 5. The minimum Gasteiger partial charge on any atom is -0.356 e. The molecule has 0 radical (unpaired) electrons. The summed E-state index contributed by atoms with van der Waals surface area (Å²) in [7, 11) is 4.14.